The van der Waals surface area contributed by atoms with E-state index < -0.39 is 0 Å². The van der Waals surface area contributed by atoms with Gasteiger partial charge in [-0.05, 0) is 6.07 Å². The molecule has 18 heavy (non-hydrogen) atoms. The standard InChI is InChI=1S/C11H11FN4O2/c1-17-10-14-9(13)15-11(16-10)18-6-7-4-2-3-5-8(7)12/h2-5H,6H2,1H3,(H2,13,14,15,16). The SMILES string of the molecule is COc1nc(N)nc(OCc2ccccc2F)n1. The van der Waals surface area contributed by atoms with Gasteiger partial charge in [0, 0.05) is 5.56 Å². The molecular weight excluding hydrogens is 239 g/mol. The Kier molecular flexibility index (Phi) is 3.52. The Morgan fingerprint density at radius 2 is 1.89 bits per heavy atom. The lowest BCUT2D eigenvalue weighted by Crippen LogP contribution is -2.06. The predicted molar refractivity (Wildman–Crippen MR) is 61.5 cm³/mol. The van der Waals surface area contributed by atoms with E-state index in [9.17, 15) is 4.39 Å². The summed E-state index contributed by atoms with van der Waals surface area (Å²) in [6, 6.07) is 6.30. The number of halogens is 1. The first-order chi connectivity index (χ1) is 8.69. The molecule has 0 fully saturated rings. The number of hydrogen-bond acceptors (Lipinski definition) is 6. The fourth-order valence-corrected chi connectivity index (χ4v) is 1.27. The van der Waals surface area contributed by atoms with Crippen LogP contribution in [-0.2, 0) is 6.61 Å². The number of aromatic nitrogens is 3. The van der Waals surface area contributed by atoms with Gasteiger partial charge in [-0.3, -0.25) is 0 Å². The highest BCUT2D eigenvalue weighted by Crippen LogP contribution is 2.13. The van der Waals surface area contributed by atoms with Crippen LogP contribution >= 0.6 is 0 Å². The minimum absolute atomic E-state index is 0.000713. The fraction of sp³-hybridized carbons (Fsp3) is 0.182. The molecule has 1 aromatic heterocycles. The molecular formula is C11H11FN4O2. The smallest absolute Gasteiger partial charge is 0.324 e. The van der Waals surface area contributed by atoms with Gasteiger partial charge in [0.1, 0.15) is 12.4 Å². The molecule has 0 unspecified atom stereocenters. The molecule has 0 atom stereocenters. The summed E-state index contributed by atoms with van der Waals surface area (Å²) in [7, 11) is 1.40. The molecule has 0 amide bonds. The Labute approximate surface area is 103 Å². The van der Waals surface area contributed by atoms with E-state index in [1.54, 1.807) is 18.2 Å². The molecule has 0 saturated carbocycles. The van der Waals surface area contributed by atoms with E-state index in [1.165, 1.54) is 13.2 Å². The van der Waals surface area contributed by atoms with Gasteiger partial charge in [-0.15, -0.1) is 4.98 Å². The number of ether oxygens (including phenoxy) is 2. The van der Waals surface area contributed by atoms with Crippen LogP contribution in [0.1, 0.15) is 5.56 Å². The summed E-state index contributed by atoms with van der Waals surface area (Å²) >= 11 is 0. The lowest BCUT2D eigenvalue weighted by atomic mass is 10.2. The van der Waals surface area contributed by atoms with Gasteiger partial charge in [-0.25, -0.2) is 4.39 Å². The van der Waals surface area contributed by atoms with Crippen molar-refractivity contribution in [1.29, 1.82) is 0 Å². The Bertz CT molecular complexity index is 550. The molecule has 0 aliphatic heterocycles. The largest absolute Gasteiger partial charge is 0.467 e. The second-order valence-electron chi connectivity index (χ2n) is 3.34. The summed E-state index contributed by atoms with van der Waals surface area (Å²) in [5, 5.41) is 0. The normalized spacial score (nSPS) is 10.1. The third kappa shape index (κ3) is 2.82. The van der Waals surface area contributed by atoms with Gasteiger partial charge in [-0.2, -0.15) is 9.97 Å². The summed E-state index contributed by atoms with van der Waals surface area (Å²) in [5.74, 6) is -0.378. The first kappa shape index (κ1) is 12.0. The van der Waals surface area contributed by atoms with Gasteiger partial charge < -0.3 is 15.2 Å². The molecule has 1 heterocycles. The van der Waals surface area contributed by atoms with Crippen LogP contribution in [0.25, 0.3) is 0 Å². The summed E-state index contributed by atoms with van der Waals surface area (Å²) in [4.78, 5) is 11.3. The van der Waals surface area contributed by atoms with E-state index in [0.717, 1.165) is 0 Å². The van der Waals surface area contributed by atoms with E-state index in [0.29, 0.717) is 5.56 Å². The number of hydrogen-bond donors (Lipinski definition) is 1. The average Bonchev–Trinajstić information content (AvgIpc) is 2.37. The molecule has 6 nitrogen and oxygen atoms in total. The number of nitrogens with two attached hydrogens (primary N) is 1. The highest BCUT2D eigenvalue weighted by Gasteiger charge is 2.07. The third-order valence-corrected chi connectivity index (χ3v) is 2.11. The van der Waals surface area contributed by atoms with Crippen molar-refractivity contribution in [2.24, 2.45) is 0 Å². The second kappa shape index (κ2) is 5.26. The van der Waals surface area contributed by atoms with Gasteiger partial charge in [0.2, 0.25) is 5.95 Å². The number of benzene rings is 1. The Morgan fingerprint density at radius 1 is 1.17 bits per heavy atom. The van der Waals surface area contributed by atoms with Crippen molar-refractivity contribution in [3.8, 4) is 12.0 Å². The highest BCUT2D eigenvalue weighted by atomic mass is 19.1. The molecule has 2 aromatic rings. The monoisotopic (exact) mass is 250 g/mol. The number of nitrogen functional groups attached to an aromatic ring is 1. The molecule has 0 spiro atoms. The van der Waals surface area contributed by atoms with Crippen molar-refractivity contribution >= 4 is 5.95 Å². The molecule has 2 N–H and O–H groups in total. The van der Waals surface area contributed by atoms with Crippen LogP contribution < -0.4 is 15.2 Å². The average molecular weight is 250 g/mol. The number of nitrogens with zero attached hydrogens (tertiary/aromatic N) is 3. The van der Waals surface area contributed by atoms with Crippen LogP contribution in [0.2, 0.25) is 0 Å². The van der Waals surface area contributed by atoms with Crippen molar-refractivity contribution in [3.63, 3.8) is 0 Å². The van der Waals surface area contributed by atoms with Gasteiger partial charge in [0.25, 0.3) is 0 Å². The summed E-state index contributed by atoms with van der Waals surface area (Å²) < 4.78 is 23.4. The van der Waals surface area contributed by atoms with E-state index in [-0.39, 0.29) is 30.4 Å². The third-order valence-electron chi connectivity index (χ3n) is 2.11. The number of rotatable bonds is 4. The molecule has 0 bridgehead atoms. The minimum Gasteiger partial charge on any atom is -0.467 e. The summed E-state index contributed by atoms with van der Waals surface area (Å²) in [5.41, 5.74) is 5.84. The van der Waals surface area contributed by atoms with Crippen LogP contribution in [0.15, 0.2) is 24.3 Å². The maximum absolute atomic E-state index is 13.3. The fourth-order valence-electron chi connectivity index (χ4n) is 1.27. The topological polar surface area (TPSA) is 83.2 Å². The maximum Gasteiger partial charge on any atom is 0.324 e. The lowest BCUT2D eigenvalue weighted by molar-refractivity contribution is 0.266. The Morgan fingerprint density at radius 3 is 2.61 bits per heavy atom. The van der Waals surface area contributed by atoms with E-state index in [1.807, 2.05) is 0 Å². The second-order valence-corrected chi connectivity index (χ2v) is 3.34. The summed E-state index contributed by atoms with van der Waals surface area (Å²) in [6.45, 7) is -0.000713. The minimum atomic E-state index is -0.355. The molecule has 94 valence electrons. The van der Waals surface area contributed by atoms with Crippen molar-refractivity contribution in [1.82, 2.24) is 15.0 Å². The molecule has 0 radical (unpaired) electrons. The molecule has 7 heteroatoms. The van der Waals surface area contributed by atoms with Crippen molar-refractivity contribution in [2.75, 3.05) is 12.8 Å². The van der Waals surface area contributed by atoms with Crippen LogP contribution in [0.4, 0.5) is 10.3 Å². The first-order valence-electron chi connectivity index (χ1n) is 5.11. The maximum atomic E-state index is 13.3. The van der Waals surface area contributed by atoms with E-state index >= 15 is 0 Å². The van der Waals surface area contributed by atoms with Gasteiger partial charge in [-0.1, -0.05) is 18.2 Å². The highest BCUT2D eigenvalue weighted by molar-refractivity contribution is 5.21. The van der Waals surface area contributed by atoms with Crippen molar-refractivity contribution in [2.45, 2.75) is 6.61 Å². The number of anilines is 1. The zero-order valence-electron chi connectivity index (χ0n) is 9.63. The predicted octanol–water partition coefficient (Wildman–Crippen LogP) is 1.18. The lowest BCUT2D eigenvalue weighted by Gasteiger charge is -2.06. The number of methoxy groups -OCH3 is 1. The van der Waals surface area contributed by atoms with Crippen LogP contribution in [0.3, 0.4) is 0 Å². The van der Waals surface area contributed by atoms with Crippen LogP contribution in [-0.4, -0.2) is 22.1 Å². The van der Waals surface area contributed by atoms with Crippen LogP contribution in [0, 0.1) is 5.82 Å². The van der Waals surface area contributed by atoms with Crippen molar-refractivity contribution in [3.05, 3.63) is 35.6 Å². The molecule has 0 aliphatic carbocycles. The zero-order valence-corrected chi connectivity index (χ0v) is 9.63. The Balaban J connectivity index is 2.11. The molecule has 2 rings (SSSR count). The van der Waals surface area contributed by atoms with E-state index in [2.05, 4.69) is 15.0 Å². The van der Waals surface area contributed by atoms with Crippen molar-refractivity contribution < 1.29 is 13.9 Å². The first-order valence-corrected chi connectivity index (χ1v) is 5.11. The van der Waals surface area contributed by atoms with Gasteiger partial charge >= 0.3 is 12.0 Å². The van der Waals surface area contributed by atoms with Gasteiger partial charge in [0.05, 0.1) is 7.11 Å². The van der Waals surface area contributed by atoms with E-state index in [4.69, 9.17) is 15.2 Å². The van der Waals surface area contributed by atoms with Crippen LogP contribution in [0.5, 0.6) is 12.0 Å². The summed E-state index contributed by atoms with van der Waals surface area (Å²) in [6.07, 6.45) is 0. The van der Waals surface area contributed by atoms with Gasteiger partial charge in [0.15, 0.2) is 0 Å². The zero-order chi connectivity index (χ0) is 13.0. The molecule has 0 aliphatic rings. The quantitative estimate of drug-likeness (QED) is 0.877. The Hall–Kier alpha value is -2.44. The molecule has 0 saturated heterocycles. The molecule has 1 aromatic carbocycles.